The molecule has 0 saturated heterocycles. The summed E-state index contributed by atoms with van der Waals surface area (Å²) in [5.41, 5.74) is 6.68. The van der Waals surface area contributed by atoms with E-state index in [1.807, 2.05) is 111 Å². The monoisotopic (exact) mass is 476 g/mol. The second-order valence-electron chi connectivity index (χ2n) is 9.25. The van der Waals surface area contributed by atoms with Crippen molar-refractivity contribution in [2.24, 2.45) is 0 Å². The molecular formula is C30H28N4O2. The molecule has 0 amide bonds. The maximum Gasteiger partial charge on any atom is 0.196 e. The lowest BCUT2D eigenvalue weighted by atomic mass is 9.82. The van der Waals surface area contributed by atoms with Crippen LogP contribution in [0.5, 0.6) is 0 Å². The first-order valence-corrected chi connectivity index (χ1v) is 11.8. The van der Waals surface area contributed by atoms with Gasteiger partial charge in [0, 0.05) is 62.1 Å². The van der Waals surface area contributed by atoms with Crippen molar-refractivity contribution >= 4 is 45.7 Å². The van der Waals surface area contributed by atoms with Crippen molar-refractivity contribution in [1.29, 1.82) is 0 Å². The minimum absolute atomic E-state index is 0.167. The number of ketones is 2. The van der Waals surface area contributed by atoms with Crippen LogP contribution in [0.3, 0.4) is 0 Å². The van der Waals surface area contributed by atoms with Gasteiger partial charge in [0.25, 0.3) is 0 Å². The molecule has 1 aliphatic carbocycles. The van der Waals surface area contributed by atoms with Crippen LogP contribution in [0.15, 0.2) is 84.9 Å². The number of nitrogens with zero attached hydrogens (tertiary/aromatic N) is 2. The first kappa shape index (κ1) is 23.2. The molecule has 0 saturated carbocycles. The van der Waals surface area contributed by atoms with E-state index in [1.165, 1.54) is 0 Å². The van der Waals surface area contributed by atoms with Crippen molar-refractivity contribution in [2.45, 2.75) is 0 Å². The molecule has 0 atom stereocenters. The highest BCUT2D eigenvalue weighted by atomic mass is 16.1. The third-order valence-corrected chi connectivity index (χ3v) is 6.40. The molecule has 1 aliphatic rings. The molecule has 2 N–H and O–H groups in total. The highest BCUT2D eigenvalue weighted by Gasteiger charge is 2.33. The first-order valence-electron chi connectivity index (χ1n) is 11.8. The smallest absolute Gasteiger partial charge is 0.196 e. The summed E-state index contributed by atoms with van der Waals surface area (Å²) >= 11 is 0. The van der Waals surface area contributed by atoms with Crippen LogP contribution >= 0.6 is 0 Å². The largest absolute Gasteiger partial charge is 0.378 e. The van der Waals surface area contributed by atoms with Crippen LogP contribution in [0.4, 0.5) is 34.1 Å². The molecule has 6 nitrogen and oxygen atoms in total. The zero-order valence-corrected chi connectivity index (χ0v) is 20.8. The molecule has 0 radical (unpaired) electrons. The Kier molecular flexibility index (Phi) is 5.94. The third kappa shape index (κ3) is 4.18. The van der Waals surface area contributed by atoms with Gasteiger partial charge in [0.15, 0.2) is 11.6 Å². The Morgan fingerprint density at radius 1 is 0.500 bits per heavy atom. The van der Waals surface area contributed by atoms with Crippen LogP contribution in [-0.4, -0.2) is 39.8 Å². The van der Waals surface area contributed by atoms with E-state index in [0.29, 0.717) is 33.6 Å². The van der Waals surface area contributed by atoms with Crippen molar-refractivity contribution < 1.29 is 9.59 Å². The van der Waals surface area contributed by atoms with E-state index in [9.17, 15) is 9.59 Å². The van der Waals surface area contributed by atoms with Gasteiger partial charge in [-0.1, -0.05) is 24.3 Å². The number of fused-ring (bicyclic) bond motifs is 2. The van der Waals surface area contributed by atoms with Crippen LogP contribution in [0, 0.1) is 0 Å². The van der Waals surface area contributed by atoms with Gasteiger partial charge in [-0.2, -0.15) is 0 Å². The summed E-state index contributed by atoms with van der Waals surface area (Å²) in [6.45, 7) is 0. The zero-order chi connectivity index (χ0) is 25.4. The van der Waals surface area contributed by atoms with E-state index in [1.54, 1.807) is 12.1 Å². The number of carbonyl (C=O) groups is 2. The van der Waals surface area contributed by atoms with Gasteiger partial charge in [-0.25, -0.2) is 0 Å². The predicted octanol–water partition coefficient (Wildman–Crippen LogP) is 6.08. The van der Waals surface area contributed by atoms with Gasteiger partial charge in [-0.05, 0) is 60.7 Å². The Morgan fingerprint density at radius 2 is 0.861 bits per heavy atom. The molecule has 6 heteroatoms. The number of rotatable bonds is 6. The summed E-state index contributed by atoms with van der Waals surface area (Å²) in [6, 6.07) is 26.6. The summed E-state index contributed by atoms with van der Waals surface area (Å²) < 4.78 is 0. The van der Waals surface area contributed by atoms with Gasteiger partial charge in [0.1, 0.15) is 0 Å². The number of benzene rings is 4. The Bertz CT molecular complexity index is 1340. The van der Waals surface area contributed by atoms with Crippen LogP contribution in [0.1, 0.15) is 31.8 Å². The van der Waals surface area contributed by atoms with Crippen LogP contribution in [-0.2, 0) is 0 Å². The minimum atomic E-state index is -0.167. The lowest BCUT2D eigenvalue weighted by Crippen LogP contribution is -2.23. The maximum absolute atomic E-state index is 13.7. The van der Waals surface area contributed by atoms with Gasteiger partial charge >= 0.3 is 0 Å². The van der Waals surface area contributed by atoms with E-state index in [4.69, 9.17) is 0 Å². The fraction of sp³-hybridized carbons (Fsp3) is 0.133. The Balaban J connectivity index is 1.49. The van der Waals surface area contributed by atoms with Crippen molar-refractivity contribution in [3.8, 4) is 0 Å². The average molecular weight is 477 g/mol. The highest BCUT2D eigenvalue weighted by Crippen LogP contribution is 2.37. The lowest BCUT2D eigenvalue weighted by Gasteiger charge is -2.23. The van der Waals surface area contributed by atoms with E-state index >= 15 is 0 Å². The normalized spacial score (nSPS) is 12.0. The number of nitrogens with one attached hydrogen (secondary N) is 2. The quantitative estimate of drug-likeness (QED) is 0.310. The maximum atomic E-state index is 13.7. The van der Waals surface area contributed by atoms with Crippen molar-refractivity contribution in [2.75, 3.05) is 48.6 Å². The van der Waals surface area contributed by atoms with Gasteiger partial charge in [0.05, 0.1) is 22.5 Å². The molecule has 0 unspecified atom stereocenters. The van der Waals surface area contributed by atoms with Gasteiger partial charge in [-0.15, -0.1) is 0 Å². The summed E-state index contributed by atoms with van der Waals surface area (Å²) in [7, 11) is 7.94. The summed E-state index contributed by atoms with van der Waals surface area (Å²) in [4.78, 5) is 31.4. The van der Waals surface area contributed by atoms with E-state index in [0.717, 1.165) is 22.7 Å². The molecular weight excluding hydrogens is 448 g/mol. The second kappa shape index (κ2) is 9.23. The van der Waals surface area contributed by atoms with E-state index in [-0.39, 0.29) is 11.6 Å². The second-order valence-corrected chi connectivity index (χ2v) is 9.25. The van der Waals surface area contributed by atoms with Gasteiger partial charge < -0.3 is 20.4 Å². The lowest BCUT2D eigenvalue weighted by molar-refractivity contribution is 0.0980. The molecule has 0 heterocycles. The summed E-state index contributed by atoms with van der Waals surface area (Å²) in [5, 5.41) is 6.68. The van der Waals surface area contributed by atoms with Crippen molar-refractivity contribution in [1.82, 2.24) is 0 Å². The molecule has 0 bridgehead atoms. The third-order valence-electron chi connectivity index (χ3n) is 6.40. The van der Waals surface area contributed by atoms with Crippen molar-refractivity contribution in [3.05, 3.63) is 107 Å². The van der Waals surface area contributed by atoms with Gasteiger partial charge in [0.2, 0.25) is 0 Å². The zero-order valence-electron chi connectivity index (χ0n) is 20.8. The predicted molar refractivity (Wildman–Crippen MR) is 148 cm³/mol. The SMILES string of the molecule is CN(C)c1ccc(Nc2cccc3c2C(=O)c2cccc(Nc4ccc(N(C)C)cc4)c2C3=O)cc1. The average Bonchev–Trinajstić information content (AvgIpc) is 2.88. The van der Waals surface area contributed by atoms with Crippen molar-refractivity contribution in [3.63, 3.8) is 0 Å². The summed E-state index contributed by atoms with van der Waals surface area (Å²) in [5.74, 6) is -0.335. The van der Waals surface area contributed by atoms with E-state index < -0.39 is 0 Å². The van der Waals surface area contributed by atoms with E-state index in [2.05, 4.69) is 10.6 Å². The van der Waals surface area contributed by atoms with Gasteiger partial charge in [-0.3, -0.25) is 9.59 Å². The molecule has 0 aliphatic heterocycles. The molecule has 4 aromatic rings. The first-order chi connectivity index (χ1) is 17.3. The fourth-order valence-electron chi connectivity index (χ4n) is 4.45. The highest BCUT2D eigenvalue weighted by molar-refractivity contribution is 6.32. The van der Waals surface area contributed by atoms with Crippen LogP contribution in [0.2, 0.25) is 0 Å². The van der Waals surface area contributed by atoms with Crippen LogP contribution < -0.4 is 20.4 Å². The number of carbonyl (C=O) groups excluding carboxylic acids is 2. The Hall–Kier alpha value is -4.58. The standard InChI is InChI=1S/C30H28N4O2/c1-33(2)21-15-11-19(12-16-21)31-25-9-5-7-23-27(25)29(35)24-8-6-10-26(28(24)30(23)36)32-20-13-17-22(18-14-20)34(3)4/h5-18,31-32H,1-4H3. The molecule has 0 spiro atoms. The Morgan fingerprint density at radius 3 is 1.19 bits per heavy atom. The number of hydrogen-bond acceptors (Lipinski definition) is 6. The minimum Gasteiger partial charge on any atom is -0.378 e. The number of anilines is 6. The Labute approximate surface area is 211 Å². The number of hydrogen-bond donors (Lipinski definition) is 2. The fourth-order valence-corrected chi connectivity index (χ4v) is 4.45. The molecule has 180 valence electrons. The molecule has 36 heavy (non-hydrogen) atoms. The molecule has 0 fully saturated rings. The topological polar surface area (TPSA) is 64.7 Å². The molecule has 0 aromatic heterocycles. The molecule has 5 rings (SSSR count). The molecule has 4 aromatic carbocycles. The van der Waals surface area contributed by atoms with Crippen LogP contribution in [0.25, 0.3) is 0 Å². The summed E-state index contributed by atoms with van der Waals surface area (Å²) in [6.07, 6.45) is 0.